The van der Waals surface area contributed by atoms with E-state index in [1.807, 2.05) is 19.1 Å². The van der Waals surface area contributed by atoms with Crippen LogP contribution in [-0.2, 0) is 6.42 Å². The topological polar surface area (TPSA) is 64.3 Å². The van der Waals surface area contributed by atoms with Gasteiger partial charge < -0.3 is 15.4 Å². The number of rotatable bonds is 6. The molecule has 0 radical (unpaired) electrons. The predicted molar refractivity (Wildman–Crippen MR) is 106 cm³/mol. The third-order valence-corrected chi connectivity index (χ3v) is 5.30. The summed E-state index contributed by atoms with van der Waals surface area (Å²) in [6, 6.07) is 7.44. The monoisotopic (exact) mass is 394 g/mol. The average molecular weight is 395 g/mol. The van der Waals surface area contributed by atoms with Crippen molar-refractivity contribution in [2.45, 2.75) is 38.7 Å². The van der Waals surface area contributed by atoms with Crippen molar-refractivity contribution in [2.75, 3.05) is 25.4 Å². The molecule has 2 N–H and O–H groups in total. The molecule has 1 aliphatic heterocycles. The minimum atomic E-state index is 0.229. The maximum Gasteiger partial charge on any atom is 0.220 e. The summed E-state index contributed by atoms with van der Waals surface area (Å²) >= 11 is 12.0. The van der Waals surface area contributed by atoms with Gasteiger partial charge in [-0.05, 0) is 57.4 Å². The van der Waals surface area contributed by atoms with Gasteiger partial charge in [0.2, 0.25) is 5.95 Å². The lowest BCUT2D eigenvalue weighted by Gasteiger charge is -2.32. The van der Waals surface area contributed by atoms with E-state index in [0.717, 1.165) is 62.5 Å². The van der Waals surface area contributed by atoms with E-state index in [1.54, 1.807) is 12.1 Å². The van der Waals surface area contributed by atoms with Crippen LogP contribution in [0.1, 0.15) is 30.7 Å². The normalized spacial score (nSPS) is 16.0. The van der Waals surface area contributed by atoms with Crippen molar-refractivity contribution in [2.24, 2.45) is 0 Å². The Morgan fingerprint density at radius 2 is 1.92 bits per heavy atom. The minimum absolute atomic E-state index is 0.229. The largest absolute Gasteiger partial charge is 0.490 e. The number of anilines is 1. The fourth-order valence-electron chi connectivity index (χ4n) is 3.26. The van der Waals surface area contributed by atoms with E-state index in [1.165, 1.54) is 0 Å². The van der Waals surface area contributed by atoms with E-state index in [4.69, 9.17) is 33.7 Å². The zero-order valence-corrected chi connectivity index (χ0v) is 16.4. The molecular weight excluding hydrogens is 371 g/mol. The molecule has 26 heavy (non-hydrogen) atoms. The van der Waals surface area contributed by atoms with Gasteiger partial charge in [0.1, 0.15) is 11.9 Å². The van der Waals surface area contributed by atoms with Crippen molar-refractivity contribution in [3.05, 3.63) is 45.7 Å². The van der Waals surface area contributed by atoms with Crippen LogP contribution in [0.5, 0.6) is 5.75 Å². The summed E-state index contributed by atoms with van der Waals surface area (Å²) in [6.07, 6.45) is 4.24. The van der Waals surface area contributed by atoms with Crippen LogP contribution in [0.3, 0.4) is 0 Å². The lowest BCUT2D eigenvalue weighted by Crippen LogP contribution is -2.38. The van der Waals surface area contributed by atoms with Gasteiger partial charge in [-0.3, -0.25) is 0 Å². The molecule has 0 bridgehead atoms. The molecule has 2 heterocycles. The SMILES string of the molecule is Cc1cc(CCCN2CCC(Oc3ccc(Cl)c(Cl)c3)CC2)nc(N)n1. The maximum absolute atomic E-state index is 6.04. The summed E-state index contributed by atoms with van der Waals surface area (Å²) in [5, 5.41) is 1.08. The third-order valence-electron chi connectivity index (χ3n) is 4.56. The number of likely N-dealkylation sites (tertiary alicyclic amines) is 1. The molecule has 1 aromatic heterocycles. The molecule has 0 atom stereocenters. The number of nitrogens with zero attached hydrogens (tertiary/aromatic N) is 3. The molecule has 1 fully saturated rings. The van der Waals surface area contributed by atoms with Crippen LogP contribution in [0.4, 0.5) is 5.95 Å². The van der Waals surface area contributed by atoms with Crippen LogP contribution in [0.2, 0.25) is 10.0 Å². The number of nitrogen functional groups attached to an aromatic ring is 1. The van der Waals surface area contributed by atoms with Gasteiger partial charge in [0.25, 0.3) is 0 Å². The molecule has 0 unspecified atom stereocenters. The molecular formula is C19H24Cl2N4O. The second kappa shape index (κ2) is 8.89. The summed E-state index contributed by atoms with van der Waals surface area (Å²) < 4.78 is 6.04. The highest BCUT2D eigenvalue weighted by molar-refractivity contribution is 6.42. The van der Waals surface area contributed by atoms with Gasteiger partial charge >= 0.3 is 0 Å². The molecule has 0 spiro atoms. The molecule has 1 saturated heterocycles. The number of nitrogens with two attached hydrogens (primary N) is 1. The van der Waals surface area contributed by atoms with Crippen molar-refractivity contribution < 1.29 is 4.74 Å². The predicted octanol–water partition coefficient (Wildman–Crippen LogP) is 4.15. The lowest BCUT2D eigenvalue weighted by atomic mass is 10.1. The van der Waals surface area contributed by atoms with Gasteiger partial charge in [0.15, 0.2) is 0 Å². The van der Waals surface area contributed by atoms with Gasteiger partial charge in [-0.2, -0.15) is 0 Å². The van der Waals surface area contributed by atoms with E-state index in [-0.39, 0.29) is 6.10 Å². The lowest BCUT2D eigenvalue weighted by molar-refractivity contribution is 0.0999. The first-order valence-corrected chi connectivity index (χ1v) is 9.69. The highest BCUT2D eigenvalue weighted by Crippen LogP contribution is 2.28. The number of piperidine rings is 1. The van der Waals surface area contributed by atoms with Crippen molar-refractivity contribution in [3.8, 4) is 5.75 Å². The van der Waals surface area contributed by atoms with Crippen molar-refractivity contribution >= 4 is 29.2 Å². The zero-order valence-electron chi connectivity index (χ0n) is 14.9. The molecule has 1 aromatic carbocycles. The van der Waals surface area contributed by atoms with Gasteiger partial charge in [0.05, 0.1) is 10.0 Å². The Kier molecular flexibility index (Phi) is 6.57. The van der Waals surface area contributed by atoms with E-state index >= 15 is 0 Å². The molecule has 0 aliphatic carbocycles. The van der Waals surface area contributed by atoms with Crippen molar-refractivity contribution in [1.29, 1.82) is 0 Å². The molecule has 1 aliphatic rings. The average Bonchev–Trinajstić information content (AvgIpc) is 2.59. The molecule has 0 saturated carbocycles. The first kappa shape index (κ1) is 19.2. The Morgan fingerprint density at radius 1 is 1.15 bits per heavy atom. The minimum Gasteiger partial charge on any atom is -0.490 e. The van der Waals surface area contributed by atoms with E-state index in [9.17, 15) is 0 Å². The maximum atomic E-state index is 6.04. The first-order valence-electron chi connectivity index (χ1n) is 8.94. The van der Waals surface area contributed by atoms with Crippen LogP contribution >= 0.6 is 23.2 Å². The fourth-order valence-corrected chi connectivity index (χ4v) is 3.55. The molecule has 7 heteroatoms. The smallest absolute Gasteiger partial charge is 0.220 e. The number of benzene rings is 1. The fraction of sp³-hybridized carbons (Fsp3) is 0.474. The second-order valence-electron chi connectivity index (χ2n) is 6.70. The van der Waals surface area contributed by atoms with Crippen LogP contribution < -0.4 is 10.5 Å². The van der Waals surface area contributed by atoms with E-state index in [0.29, 0.717) is 16.0 Å². The molecule has 140 valence electrons. The highest BCUT2D eigenvalue weighted by Gasteiger charge is 2.20. The molecule has 3 rings (SSSR count). The Balaban J connectivity index is 1.40. The van der Waals surface area contributed by atoms with Gasteiger partial charge in [-0.1, -0.05) is 23.2 Å². The molecule has 0 amide bonds. The van der Waals surface area contributed by atoms with Gasteiger partial charge in [-0.25, -0.2) is 9.97 Å². The summed E-state index contributed by atoms with van der Waals surface area (Å²) in [5.41, 5.74) is 7.65. The van der Waals surface area contributed by atoms with Gasteiger partial charge in [0, 0.05) is 30.5 Å². The number of halogens is 2. The van der Waals surface area contributed by atoms with Crippen LogP contribution in [0, 0.1) is 6.92 Å². The number of aryl methyl sites for hydroxylation is 2. The quantitative estimate of drug-likeness (QED) is 0.796. The second-order valence-corrected chi connectivity index (χ2v) is 7.51. The van der Waals surface area contributed by atoms with E-state index < -0.39 is 0 Å². The summed E-state index contributed by atoms with van der Waals surface area (Å²) in [4.78, 5) is 10.9. The molecule has 5 nitrogen and oxygen atoms in total. The van der Waals surface area contributed by atoms with Crippen LogP contribution in [0.15, 0.2) is 24.3 Å². The Bertz CT molecular complexity index is 728. The molecule has 2 aromatic rings. The highest BCUT2D eigenvalue weighted by atomic mass is 35.5. The Hall–Kier alpha value is -1.56. The number of hydrogen-bond acceptors (Lipinski definition) is 5. The van der Waals surface area contributed by atoms with Crippen LogP contribution in [0.25, 0.3) is 0 Å². The van der Waals surface area contributed by atoms with Crippen LogP contribution in [-0.4, -0.2) is 40.6 Å². The summed E-state index contributed by atoms with van der Waals surface area (Å²) in [5.74, 6) is 1.15. The Labute approximate surface area is 164 Å². The van der Waals surface area contributed by atoms with Gasteiger partial charge in [-0.15, -0.1) is 0 Å². The van der Waals surface area contributed by atoms with Crippen molar-refractivity contribution in [3.63, 3.8) is 0 Å². The number of aromatic nitrogens is 2. The van der Waals surface area contributed by atoms with Crippen molar-refractivity contribution in [1.82, 2.24) is 14.9 Å². The number of hydrogen-bond donors (Lipinski definition) is 1. The van der Waals surface area contributed by atoms with E-state index in [2.05, 4.69) is 14.9 Å². The third kappa shape index (κ3) is 5.47. The Morgan fingerprint density at radius 3 is 2.62 bits per heavy atom. The number of ether oxygens (including phenoxy) is 1. The first-order chi connectivity index (χ1) is 12.5. The summed E-state index contributed by atoms with van der Waals surface area (Å²) in [6.45, 7) is 5.08. The standard InChI is InChI=1S/C19H24Cl2N4O/c1-13-11-14(24-19(22)23-13)3-2-8-25-9-6-15(7-10-25)26-16-4-5-17(20)18(21)12-16/h4-5,11-12,15H,2-3,6-10H2,1H3,(H2,22,23,24). The summed E-state index contributed by atoms with van der Waals surface area (Å²) in [7, 11) is 0. The zero-order chi connectivity index (χ0) is 18.5.